The number of hydrogen-bond acceptors (Lipinski definition) is 5. The van der Waals surface area contributed by atoms with Crippen molar-refractivity contribution in [2.75, 3.05) is 23.9 Å². The topological polar surface area (TPSA) is 97.0 Å². The van der Waals surface area contributed by atoms with Crippen LogP contribution < -0.4 is 20.3 Å². The van der Waals surface area contributed by atoms with Crippen LogP contribution in [0.5, 0.6) is 5.75 Å². The lowest BCUT2D eigenvalue weighted by Crippen LogP contribution is -2.47. The molecular weight excluding hydrogens is 410 g/mol. The average molecular weight is 440 g/mol. The maximum Gasteiger partial charge on any atom is 0.408 e. The van der Waals surface area contributed by atoms with E-state index >= 15 is 0 Å². The fraction of sp³-hybridized carbons (Fsp3) is 0.375. The number of alkyl carbamates (subject to hydrolysis) is 1. The molecule has 8 nitrogen and oxygen atoms in total. The van der Waals surface area contributed by atoms with Gasteiger partial charge >= 0.3 is 6.09 Å². The van der Waals surface area contributed by atoms with Gasteiger partial charge in [0.1, 0.15) is 18.4 Å². The predicted octanol–water partition coefficient (Wildman–Crippen LogP) is 3.71. The summed E-state index contributed by atoms with van der Waals surface area (Å²) in [6.07, 6.45) is 0.605. The van der Waals surface area contributed by atoms with Gasteiger partial charge in [-0.25, -0.2) is 4.79 Å². The monoisotopic (exact) mass is 439 g/mol. The molecule has 1 fully saturated rings. The van der Waals surface area contributed by atoms with Crippen LogP contribution in [0.3, 0.4) is 0 Å². The Morgan fingerprint density at radius 1 is 1.12 bits per heavy atom. The highest BCUT2D eigenvalue weighted by Gasteiger charge is 2.27. The molecule has 1 aliphatic rings. The third-order valence-corrected chi connectivity index (χ3v) is 5.25. The Balaban J connectivity index is 1.66. The van der Waals surface area contributed by atoms with Crippen molar-refractivity contribution in [3.8, 4) is 5.75 Å². The molecule has 3 amide bonds. The van der Waals surface area contributed by atoms with E-state index in [2.05, 4.69) is 10.6 Å². The number of ether oxygens (including phenoxy) is 2. The van der Waals surface area contributed by atoms with E-state index in [1.165, 1.54) is 7.11 Å². The molecule has 170 valence electrons. The highest BCUT2D eigenvalue weighted by Crippen LogP contribution is 2.34. The smallest absolute Gasteiger partial charge is 0.408 e. The van der Waals surface area contributed by atoms with Gasteiger partial charge in [0.2, 0.25) is 11.8 Å². The zero-order valence-corrected chi connectivity index (χ0v) is 18.6. The van der Waals surface area contributed by atoms with Crippen LogP contribution in [-0.4, -0.2) is 37.6 Å². The summed E-state index contributed by atoms with van der Waals surface area (Å²) in [5.74, 6) is 0.0358. The molecule has 1 saturated heterocycles. The molecule has 2 aromatic carbocycles. The minimum absolute atomic E-state index is 0.0228. The van der Waals surface area contributed by atoms with Gasteiger partial charge in [0.25, 0.3) is 0 Å². The molecule has 2 aromatic rings. The van der Waals surface area contributed by atoms with Gasteiger partial charge in [-0.1, -0.05) is 44.2 Å². The van der Waals surface area contributed by atoms with E-state index in [1.807, 2.05) is 44.2 Å². The van der Waals surface area contributed by atoms with Gasteiger partial charge < -0.3 is 25.0 Å². The van der Waals surface area contributed by atoms with Gasteiger partial charge in [0, 0.05) is 18.7 Å². The lowest BCUT2D eigenvalue weighted by Gasteiger charge is -2.23. The summed E-state index contributed by atoms with van der Waals surface area (Å²) in [5.41, 5.74) is 1.98. The van der Waals surface area contributed by atoms with Crippen molar-refractivity contribution in [3.05, 3.63) is 54.1 Å². The summed E-state index contributed by atoms with van der Waals surface area (Å²) < 4.78 is 10.6. The second-order valence-electron chi connectivity index (χ2n) is 7.95. The minimum atomic E-state index is -0.794. The van der Waals surface area contributed by atoms with Gasteiger partial charge in [-0.2, -0.15) is 0 Å². The van der Waals surface area contributed by atoms with Crippen molar-refractivity contribution < 1.29 is 23.9 Å². The fourth-order valence-corrected chi connectivity index (χ4v) is 3.53. The zero-order chi connectivity index (χ0) is 23.1. The van der Waals surface area contributed by atoms with Crippen LogP contribution in [0, 0.1) is 5.92 Å². The van der Waals surface area contributed by atoms with Gasteiger partial charge in [0.05, 0.1) is 12.8 Å². The number of carbonyl (C=O) groups excluding carboxylic acids is 3. The van der Waals surface area contributed by atoms with Gasteiger partial charge in [0.15, 0.2) is 0 Å². The maximum atomic E-state index is 12.9. The molecule has 32 heavy (non-hydrogen) atoms. The number of anilines is 2. The largest absolute Gasteiger partial charge is 0.495 e. The lowest BCUT2D eigenvalue weighted by atomic mass is 10.0. The molecule has 1 atom stereocenters. The Bertz CT molecular complexity index is 961. The van der Waals surface area contributed by atoms with Crippen LogP contribution in [0.25, 0.3) is 0 Å². The molecule has 0 aromatic heterocycles. The summed E-state index contributed by atoms with van der Waals surface area (Å²) in [5, 5.41) is 5.47. The van der Waals surface area contributed by atoms with E-state index in [4.69, 9.17) is 9.47 Å². The molecule has 0 spiro atoms. The van der Waals surface area contributed by atoms with Gasteiger partial charge in [-0.05, 0) is 36.1 Å². The zero-order valence-electron chi connectivity index (χ0n) is 18.6. The number of methoxy groups -OCH3 is 1. The summed E-state index contributed by atoms with van der Waals surface area (Å²) in [7, 11) is 1.54. The summed E-state index contributed by atoms with van der Waals surface area (Å²) in [6.45, 7) is 4.40. The van der Waals surface area contributed by atoms with E-state index in [0.717, 1.165) is 12.0 Å². The summed E-state index contributed by atoms with van der Waals surface area (Å²) >= 11 is 0. The molecule has 0 unspecified atom stereocenters. The number of hydrogen-bond donors (Lipinski definition) is 2. The maximum absolute atomic E-state index is 12.9. The van der Waals surface area contributed by atoms with E-state index in [9.17, 15) is 14.4 Å². The number of nitrogens with zero attached hydrogens (tertiary/aromatic N) is 1. The number of carbonyl (C=O) groups is 3. The molecule has 8 heteroatoms. The molecule has 2 N–H and O–H groups in total. The van der Waals surface area contributed by atoms with E-state index in [0.29, 0.717) is 30.1 Å². The van der Waals surface area contributed by atoms with Crippen molar-refractivity contribution in [1.82, 2.24) is 5.32 Å². The Morgan fingerprint density at radius 3 is 2.50 bits per heavy atom. The Labute approximate surface area is 187 Å². The quantitative estimate of drug-likeness (QED) is 0.654. The molecule has 0 bridgehead atoms. The van der Waals surface area contributed by atoms with Crippen LogP contribution >= 0.6 is 0 Å². The van der Waals surface area contributed by atoms with Crippen LogP contribution in [0.1, 0.15) is 32.3 Å². The Hall–Kier alpha value is -3.55. The predicted molar refractivity (Wildman–Crippen MR) is 122 cm³/mol. The Morgan fingerprint density at radius 2 is 1.88 bits per heavy atom. The highest BCUT2D eigenvalue weighted by atomic mass is 16.5. The van der Waals surface area contributed by atoms with Crippen LogP contribution in [0.2, 0.25) is 0 Å². The van der Waals surface area contributed by atoms with E-state index in [1.54, 1.807) is 23.1 Å². The third-order valence-electron chi connectivity index (χ3n) is 5.25. The van der Waals surface area contributed by atoms with Crippen molar-refractivity contribution in [1.29, 1.82) is 0 Å². The molecule has 1 heterocycles. The Kier molecular flexibility index (Phi) is 7.70. The number of rotatable bonds is 8. The van der Waals surface area contributed by atoms with Crippen molar-refractivity contribution in [3.63, 3.8) is 0 Å². The van der Waals surface area contributed by atoms with Crippen molar-refractivity contribution >= 4 is 29.3 Å². The first-order chi connectivity index (χ1) is 15.4. The first kappa shape index (κ1) is 23.1. The van der Waals surface area contributed by atoms with E-state index < -0.39 is 12.1 Å². The number of benzene rings is 2. The molecular formula is C24H29N3O5. The average Bonchev–Trinajstić information content (AvgIpc) is 3.22. The van der Waals surface area contributed by atoms with E-state index in [-0.39, 0.29) is 24.3 Å². The molecule has 0 aliphatic carbocycles. The van der Waals surface area contributed by atoms with Gasteiger partial charge in [-0.15, -0.1) is 0 Å². The SMILES string of the molecule is COc1ccc(NC(=O)[C@@H](NC(=O)OCc2ccccc2)C(C)C)cc1N1CCCC1=O. The second-order valence-corrected chi connectivity index (χ2v) is 7.95. The highest BCUT2D eigenvalue weighted by molar-refractivity contribution is 6.00. The fourth-order valence-electron chi connectivity index (χ4n) is 3.53. The second kappa shape index (κ2) is 10.7. The first-order valence-corrected chi connectivity index (χ1v) is 10.7. The lowest BCUT2D eigenvalue weighted by molar-refractivity contribution is -0.119. The first-order valence-electron chi connectivity index (χ1n) is 10.7. The molecule has 0 radical (unpaired) electrons. The van der Waals surface area contributed by atoms with Gasteiger partial charge in [-0.3, -0.25) is 9.59 Å². The van der Waals surface area contributed by atoms with Crippen LogP contribution in [0.15, 0.2) is 48.5 Å². The van der Waals surface area contributed by atoms with Crippen molar-refractivity contribution in [2.24, 2.45) is 5.92 Å². The third kappa shape index (κ3) is 5.78. The minimum Gasteiger partial charge on any atom is -0.495 e. The van der Waals surface area contributed by atoms with Crippen LogP contribution in [0.4, 0.5) is 16.2 Å². The standard InChI is InChI=1S/C24H29N3O5/c1-16(2)22(26-24(30)32-15-17-8-5-4-6-9-17)23(29)25-18-11-12-20(31-3)19(14-18)27-13-7-10-21(27)28/h4-6,8-9,11-12,14,16,22H,7,10,13,15H2,1-3H3,(H,25,29)(H,26,30)/t22-/m0/s1. The number of nitrogens with one attached hydrogen (secondary N) is 2. The number of amides is 3. The van der Waals surface area contributed by atoms with Crippen molar-refractivity contribution in [2.45, 2.75) is 39.3 Å². The summed E-state index contributed by atoms with van der Waals surface area (Å²) in [6, 6.07) is 13.6. The normalized spacial score (nSPS) is 14.2. The molecule has 1 aliphatic heterocycles. The molecule has 3 rings (SSSR count). The van der Waals surface area contributed by atoms with Crippen LogP contribution in [-0.2, 0) is 20.9 Å². The summed E-state index contributed by atoms with van der Waals surface area (Å²) in [4.78, 5) is 39.0. The molecule has 0 saturated carbocycles.